The summed E-state index contributed by atoms with van der Waals surface area (Å²) in [6.07, 6.45) is 7.17. The highest BCUT2D eigenvalue weighted by atomic mass is 79.9. The van der Waals surface area contributed by atoms with Crippen molar-refractivity contribution in [2.24, 2.45) is 5.10 Å². The van der Waals surface area contributed by atoms with Gasteiger partial charge in [0.25, 0.3) is 11.5 Å². The van der Waals surface area contributed by atoms with Crippen molar-refractivity contribution in [3.05, 3.63) is 85.2 Å². The van der Waals surface area contributed by atoms with Gasteiger partial charge in [0.05, 0.1) is 21.8 Å². The van der Waals surface area contributed by atoms with Gasteiger partial charge >= 0.3 is 0 Å². The Hall–Kier alpha value is -3.30. The Kier molecular flexibility index (Phi) is 5.82. The molecule has 2 N–H and O–H groups in total. The highest BCUT2D eigenvalue weighted by molar-refractivity contribution is 9.10. The maximum atomic E-state index is 13.3. The van der Waals surface area contributed by atoms with E-state index in [2.05, 4.69) is 31.4 Å². The maximum absolute atomic E-state index is 13.3. The van der Waals surface area contributed by atoms with Gasteiger partial charge in [-0.05, 0) is 89.1 Å². The predicted molar refractivity (Wildman–Crippen MR) is 133 cm³/mol. The standard InChI is InChI=1S/C24H19BrN4O3S/c25-18-10-14(8-9-19(18)30)12-27-28-22(31)15-4-3-5-16(11-15)29-13-26-23-21(24(29)32)17-6-1-2-7-20(17)33-23/h3-5,8-13,30H,1-2,6-7H2,(H,28,31)/b27-12+. The number of nitrogens with zero attached hydrogens (tertiary/aromatic N) is 3. The molecule has 2 aromatic carbocycles. The molecule has 0 spiro atoms. The van der Waals surface area contributed by atoms with Crippen molar-refractivity contribution in [3.63, 3.8) is 0 Å². The molecule has 0 saturated heterocycles. The van der Waals surface area contributed by atoms with Crippen molar-refractivity contribution in [2.45, 2.75) is 25.7 Å². The molecule has 0 atom stereocenters. The highest BCUT2D eigenvalue weighted by Crippen LogP contribution is 2.33. The first-order valence-electron chi connectivity index (χ1n) is 10.5. The number of phenols is 1. The summed E-state index contributed by atoms with van der Waals surface area (Å²) in [6, 6.07) is 11.7. The van der Waals surface area contributed by atoms with Gasteiger partial charge in [-0.1, -0.05) is 6.07 Å². The fourth-order valence-corrected chi connectivity index (χ4v) is 5.58. The fourth-order valence-electron chi connectivity index (χ4n) is 3.96. The molecule has 0 fully saturated rings. The van der Waals surface area contributed by atoms with Crippen LogP contribution in [-0.4, -0.2) is 26.8 Å². The topological polar surface area (TPSA) is 96.6 Å². The molecule has 0 unspecified atom stereocenters. The summed E-state index contributed by atoms with van der Waals surface area (Å²) in [5.74, 6) is -0.278. The molecule has 9 heteroatoms. The summed E-state index contributed by atoms with van der Waals surface area (Å²) >= 11 is 4.85. The van der Waals surface area contributed by atoms with Crippen LogP contribution in [0.25, 0.3) is 15.9 Å². The largest absolute Gasteiger partial charge is 0.507 e. The average Bonchev–Trinajstić information content (AvgIpc) is 3.21. The van der Waals surface area contributed by atoms with E-state index in [1.165, 1.54) is 28.1 Å². The fraction of sp³-hybridized carbons (Fsp3) is 0.167. The number of aryl methyl sites for hydroxylation is 2. The lowest BCUT2D eigenvalue weighted by Crippen LogP contribution is -2.21. The van der Waals surface area contributed by atoms with Crippen LogP contribution in [0.3, 0.4) is 0 Å². The lowest BCUT2D eigenvalue weighted by molar-refractivity contribution is 0.0955. The van der Waals surface area contributed by atoms with Crippen molar-refractivity contribution >= 4 is 49.6 Å². The van der Waals surface area contributed by atoms with Crippen molar-refractivity contribution in [3.8, 4) is 11.4 Å². The summed E-state index contributed by atoms with van der Waals surface area (Å²) in [4.78, 5) is 32.5. The number of fused-ring (bicyclic) bond motifs is 3. The number of carbonyl (C=O) groups excluding carboxylic acids is 1. The van der Waals surface area contributed by atoms with E-state index in [4.69, 9.17) is 0 Å². The molecule has 0 saturated carbocycles. The third-order valence-corrected chi connectivity index (χ3v) is 7.45. The zero-order chi connectivity index (χ0) is 22.9. The van der Waals surface area contributed by atoms with E-state index < -0.39 is 5.91 Å². The molecule has 5 rings (SSSR count). The Balaban J connectivity index is 1.41. The van der Waals surface area contributed by atoms with Crippen LogP contribution < -0.4 is 11.0 Å². The number of thiophene rings is 1. The molecule has 1 aliphatic rings. The first kappa shape index (κ1) is 21.5. The number of aromatic nitrogens is 2. The zero-order valence-corrected chi connectivity index (χ0v) is 19.8. The number of benzene rings is 2. The van der Waals surface area contributed by atoms with Gasteiger partial charge in [0.1, 0.15) is 16.9 Å². The lowest BCUT2D eigenvalue weighted by atomic mass is 9.97. The summed E-state index contributed by atoms with van der Waals surface area (Å²) in [7, 11) is 0. The second-order valence-electron chi connectivity index (χ2n) is 7.77. The van der Waals surface area contributed by atoms with Crippen molar-refractivity contribution in [1.29, 1.82) is 0 Å². The van der Waals surface area contributed by atoms with Gasteiger partial charge < -0.3 is 5.11 Å². The first-order chi connectivity index (χ1) is 16.0. The molecule has 0 aliphatic heterocycles. The van der Waals surface area contributed by atoms with Gasteiger partial charge in [0.2, 0.25) is 0 Å². The van der Waals surface area contributed by atoms with Crippen molar-refractivity contribution in [2.75, 3.05) is 0 Å². The van der Waals surface area contributed by atoms with Gasteiger partial charge in [0, 0.05) is 10.4 Å². The van der Waals surface area contributed by atoms with E-state index in [9.17, 15) is 14.7 Å². The average molecular weight is 523 g/mol. The van der Waals surface area contributed by atoms with Crippen molar-refractivity contribution in [1.82, 2.24) is 15.0 Å². The molecule has 166 valence electrons. The van der Waals surface area contributed by atoms with Gasteiger partial charge in [-0.3, -0.25) is 14.2 Å². The summed E-state index contributed by atoms with van der Waals surface area (Å²) in [6.45, 7) is 0. The monoisotopic (exact) mass is 522 g/mol. The number of hydrogen-bond donors (Lipinski definition) is 2. The molecular formula is C24H19BrN4O3S. The number of phenolic OH excluding ortho intramolecular Hbond substituents is 1. The SMILES string of the molecule is O=C(N/N=C/c1ccc(O)c(Br)c1)c1cccc(-n2cnc3sc4c(c3c2=O)CCCC4)c1. The van der Waals surface area contributed by atoms with Crippen LogP contribution in [0.2, 0.25) is 0 Å². The molecule has 2 aromatic heterocycles. The third kappa shape index (κ3) is 4.21. The van der Waals surface area contributed by atoms with Crippen molar-refractivity contribution < 1.29 is 9.90 Å². The van der Waals surface area contributed by atoms with E-state index >= 15 is 0 Å². The molecular weight excluding hydrogens is 504 g/mol. The van der Waals surface area contributed by atoms with Crippen LogP contribution >= 0.6 is 27.3 Å². The van der Waals surface area contributed by atoms with Crippen LogP contribution in [0.1, 0.15) is 39.2 Å². The number of amides is 1. The summed E-state index contributed by atoms with van der Waals surface area (Å²) in [5, 5.41) is 14.3. The van der Waals surface area contributed by atoms with Gasteiger partial charge in [0.15, 0.2) is 0 Å². The van der Waals surface area contributed by atoms with Crippen LogP contribution in [-0.2, 0) is 12.8 Å². The Bertz CT molecular complexity index is 1470. The summed E-state index contributed by atoms with van der Waals surface area (Å²) in [5.41, 5.74) is 5.18. The molecule has 33 heavy (non-hydrogen) atoms. The number of carbonyl (C=O) groups is 1. The Morgan fingerprint density at radius 2 is 2.06 bits per heavy atom. The van der Waals surface area contributed by atoms with Gasteiger partial charge in [-0.2, -0.15) is 5.10 Å². The molecule has 1 amide bonds. The Labute approximate surface area is 201 Å². The zero-order valence-electron chi connectivity index (χ0n) is 17.4. The minimum Gasteiger partial charge on any atom is -0.507 e. The smallest absolute Gasteiger partial charge is 0.271 e. The second-order valence-corrected chi connectivity index (χ2v) is 9.71. The molecule has 0 bridgehead atoms. The number of aromatic hydroxyl groups is 1. The van der Waals surface area contributed by atoms with E-state index in [0.29, 0.717) is 26.7 Å². The normalized spacial score (nSPS) is 13.4. The third-order valence-electron chi connectivity index (χ3n) is 5.61. The molecule has 1 aliphatic carbocycles. The number of hydrogen-bond acceptors (Lipinski definition) is 6. The van der Waals surface area contributed by atoms with Crippen LogP contribution in [0.4, 0.5) is 0 Å². The number of hydrazone groups is 1. The van der Waals surface area contributed by atoms with Crippen LogP contribution in [0.15, 0.2) is 63.2 Å². The number of rotatable bonds is 4. The lowest BCUT2D eigenvalue weighted by Gasteiger charge is -2.11. The summed E-state index contributed by atoms with van der Waals surface area (Å²) < 4.78 is 2.03. The minimum atomic E-state index is -0.402. The highest BCUT2D eigenvalue weighted by Gasteiger charge is 2.20. The molecule has 7 nitrogen and oxygen atoms in total. The van der Waals surface area contributed by atoms with E-state index in [-0.39, 0.29) is 11.3 Å². The predicted octanol–water partition coefficient (Wildman–Crippen LogP) is 4.56. The number of halogens is 1. The maximum Gasteiger partial charge on any atom is 0.271 e. The second kappa shape index (κ2) is 8.92. The molecule has 0 radical (unpaired) electrons. The van der Waals surface area contributed by atoms with E-state index in [0.717, 1.165) is 36.1 Å². The molecule has 2 heterocycles. The van der Waals surface area contributed by atoms with E-state index in [1.54, 1.807) is 47.7 Å². The van der Waals surface area contributed by atoms with Crippen LogP contribution in [0.5, 0.6) is 5.75 Å². The van der Waals surface area contributed by atoms with Gasteiger partial charge in [-0.15, -0.1) is 11.3 Å². The van der Waals surface area contributed by atoms with Crippen LogP contribution in [0, 0.1) is 0 Å². The quantitative estimate of drug-likeness (QED) is 0.303. The Morgan fingerprint density at radius 3 is 2.91 bits per heavy atom. The molecule has 4 aromatic rings. The van der Waals surface area contributed by atoms with Gasteiger partial charge in [-0.25, -0.2) is 10.4 Å². The number of nitrogens with one attached hydrogen (secondary N) is 1. The van der Waals surface area contributed by atoms with E-state index in [1.807, 2.05) is 0 Å². The minimum absolute atomic E-state index is 0.104. The Morgan fingerprint density at radius 1 is 1.21 bits per heavy atom. The first-order valence-corrected chi connectivity index (χ1v) is 12.1.